The minimum atomic E-state index is 0.177. The van der Waals surface area contributed by atoms with Crippen molar-refractivity contribution < 1.29 is 4.79 Å². The quantitative estimate of drug-likeness (QED) is 0.895. The summed E-state index contributed by atoms with van der Waals surface area (Å²) < 4.78 is 0. The van der Waals surface area contributed by atoms with Crippen LogP contribution in [0.4, 0.5) is 5.69 Å². The van der Waals surface area contributed by atoms with Gasteiger partial charge in [-0.25, -0.2) is 4.98 Å². The summed E-state index contributed by atoms with van der Waals surface area (Å²) in [5, 5.41) is 3.07. The number of carbonyl (C=O) groups excluding carboxylic acids is 1. The number of hydrogen-bond donors (Lipinski definition) is 2. The predicted molar refractivity (Wildman–Crippen MR) is 83.3 cm³/mol. The number of aromatic amines is 1. The van der Waals surface area contributed by atoms with E-state index in [1.54, 1.807) is 0 Å². The number of anilines is 1. The molecule has 2 aliphatic carbocycles. The van der Waals surface area contributed by atoms with Crippen molar-refractivity contribution in [3.05, 3.63) is 24.0 Å². The monoisotopic (exact) mass is 283 g/mol. The largest absolute Gasteiger partial charge is 0.342 e. The molecule has 110 valence electrons. The number of H-pyrrole nitrogens is 1. The van der Waals surface area contributed by atoms with Crippen LogP contribution in [0.1, 0.15) is 56.7 Å². The van der Waals surface area contributed by atoms with Crippen LogP contribution in [0.3, 0.4) is 0 Å². The molecule has 2 aromatic rings. The summed E-state index contributed by atoms with van der Waals surface area (Å²) in [4.78, 5) is 20.3. The molecule has 4 rings (SSSR count). The van der Waals surface area contributed by atoms with Crippen LogP contribution in [-0.4, -0.2) is 15.9 Å². The summed E-state index contributed by atoms with van der Waals surface area (Å²) in [5.74, 6) is 2.09. The van der Waals surface area contributed by atoms with Gasteiger partial charge in [-0.05, 0) is 43.9 Å². The van der Waals surface area contributed by atoms with Crippen molar-refractivity contribution >= 4 is 22.6 Å². The first-order chi connectivity index (χ1) is 10.3. The fourth-order valence-electron chi connectivity index (χ4n) is 3.27. The number of carbonyl (C=O) groups is 1. The predicted octanol–water partition coefficient (Wildman–Crippen LogP) is 3.96. The molecule has 1 aromatic carbocycles. The van der Waals surface area contributed by atoms with Gasteiger partial charge in [-0.1, -0.05) is 19.3 Å². The van der Waals surface area contributed by atoms with Crippen LogP contribution in [0.15, 0.2) is 18.2 Å². The normalized spacial score (nSPS) is 19.8. The van der Waals surface area contributed by atoms with Crippen LogP contribution in [0.5, 0.6) is 0 Å². The molecule has 4 heteroatoms. The van der Waals surface area contributed by atoms with Crippen molar-refractivity contribution in [3.63, 3.8) is 0 Å². The van der Waals surface area contributed by atoms with Crippen molar-refractivity contribution in [2.24, 2.45) is 5.92 Å². The molecule has 2 aliphatic rings. The molecule has 2 fully saturated rings. The molecule has 0 spiro atoms. The summed E-state index contributed by atoms with van der Waals surface area (Å²) in [6, 6.07) is 5.96. The Bertz CT molecular complexity index is 666. The zero-order valence-electron chi connectivity index (χ0n) is 12.2. The number of imidazole rings is 1. The lowest BCUT2D eigenvalue weighted by atomic mass is 9.88. The van der Waals surface area contributed by atoms with Gasteiger partial charge >= 0.3 is 0 Å². The van der Waals surface area contributed by atoms with E-state index in [4.69, 9.17) is 0 Å². The van der Waals surface area contributed by atoms with Crippen molar-refractivity contribution in [1.29, 1.82) is 0 Å². The van der Waals surface area contributed by atoms with E-state index in [0.717, 1.165) is 35.4 Å². The Morgan fingerprint density at radius 1 is 1.14 bits per heavy atom. The number of nitrogens with zero attached hydrogens (tertiary/aromatic N) is 1. The van der Waals surface area contributed by atoms with E-state index >= 15 is 0 Å². The number of hydrogen-bond acceptors (Lipinski definition) is 2. The maximum atomic E-state index is 12.3. The van der Waals surface area contributed by atoms with Gasteiger partial charge in [0, 0.05) is 17.5 Å². The minimum Gasteiger partial charge on any atom is -0.342 e. The Kier molecular flexibility index (Phi) is 3.17. The molecule has 0 radical (unpaired) electrons. The van der Waals surface area contributed by atoms with Gasteiger partial charge in [0.1, 0.15) is 5.82 Å². The molecule has 0 atom stereocenters. The van der Waals surface area contributed by atoms with Gasteiger partial charge in [-0.2, -0.15) is 0 Å². The molecular weight excluding hydrogens is 262 g/mol. The molecule has 1 amide bonds. The number of nitrogens with one attached hydrogen (secondary N) is 2. The first-order valence-corrected chi connectivity index (χ1v) is 8.10. The number of aromatic nitrogens is 2. The molecule has 2 N–H and O–H groups in total. The zero-order chi connectivity index (χ0) is 14.2. The van der Waals surface area contributed by atoms with E-state index in [1.165, 1.54) is 32.1 Å². The van der Waals surface area contributed by atoms with Crippen molar-refractivity contribution in [3.8, 4) is 0 Å². The number of rotatable bonds is 3. The highest BCUT2D eigenvalue weighted by molar-refractivity contribution is 5.94. The van der Waals surface area contributed by atoms with Crippen LogP contribution in [-0.2, 0) is 4.79 Å². The van der Waals surface area contributed by atoms with E-state index in [1.807, 2.05) is 18.2 Å². The number of fused-ring (bicyclic) bond motifs is 1. The Labute approximate surface area is 124 Å². The number of benzene rings is 1. The van der Waals surface area contributed by atoms with Crippen LogP contribution in [0, 0.1) is 5.92 Å². The third-order valence-electron chi connectivity index (χ3n) is 4.71. The SMILES string of the molecule is O=C(Nc1ccc2nc(C3CC3)[nH]c2c1)C1CCCCC1. The van der Waals surface area contributed by atoms with Gasteiger partial charge in [0.2, 0.25) is 5.91 Å². The van der Waals surface area contributed by atoms with Crippen LogP contribution in [0.2, 0.25) is 0 Å². The molecule has 21 heavy (non-hydrogen) atoms. The molecule has 2 saturated carbocycles. The summed E-state index contributed by atoms with van der Waals surface area (Å²) >= 11 is 0. The summed E-state index contributed by atoms with van der Waals surface area (Å²) in [5.41, 5.74) is 2.90. The molecule has 1 aromatic heterocycles. The topological polar surface area (TPSA) is 57.8 Å². The van der Waals surface area contributed by atoms with E-state index in [0.29, 0.717) is 5.92 Å². The van der Waals surface area contributed by atoms with E-state index in [2.05, 4.69) is 15.3 Å². The minimum absolute atomic E-state index is 0.177. The van der Waals surface area contributed by atoms with E-state index in [-0.39, 0.29) is 11.8 Å². The Balaban J connectivity index is 1.51. The first-order valence-electron chi connectivity index (χ1n) is 8.10. The summed E-state index contributed by atoms with van der Waals surface area (Å²) in [6.45, 7) is 0. The van der Waals surface area contributed by atoms with Gasteiger partial charge in [0.25, 0.3) is 0 Å². The fraction of sp³-hybridized carbons (Fsp3) is 0.529. The van der Waals surface area contributed by atoms with E-state index < -0.39 is 0 Å². The van der Waals surface area contributed by atoms with E-state index in [9.17, 15) is 4.79 Å². The Hall–Kier alpha value is -1.84. The maximum Gasteiger partial charge on any atom is 0.227 e. The molecular formula is C17H21N3O. The smallest absolute Gasteiger partial charge is 0.227 e. The van der Waals surface area contributed by atoms with Crippen molar-refractivity contribution in [1.82, 2.24) is 9.97 Å². The average Bonchev–Trinajstić information content (AvgIpc) is 3.28. The second-order valence-electron chi connectivity index (χ2n) is 6.45. The first kappa shape index (κ1) is 12.9. The highest BCUT2D eigenvalue weighted by atomic mass is 16.1. The van der Waals surface area contributed by atoms with Crippen LogP contribution in [0.25, 0.3) is 11.0 Å². The molecule has 1 heterocycles. The molecule has 0 saturated heterocycles. The molecule has 0 unspecified atom stereocenters. The zero-order valence-corrected chi connectivity index (χ0v) is 12.2. The third kappa shape index (κ3) is 2.67. The summed E-state index contributed by atoms with van der Waals surface area (Å²) in [6.07, 6.45) is 8.18. The molecule has 4 nitrogen and oxygen atoms in total. The van der Waals surface area contributed by atoms with Crippen molar-refractivity contribution in [2.75, 3.05) is 5.32 Å². The van der Waals surface area contributed by atoms with Crippen molar-refractivity contribution in [2.45, 2.75) is 50.9 Å². The molecule has 0 aliphatic heterocycles. The van der Waals surface area contributed by atoms with Gasteiger partial charge in [0.15, 0.2) is 0 Å². The van der Waals surface area contributed by atoms with Gasteiger partial charge in [-0.15, -0.1) is 0 Å². The third-order valence-corrected chi connectivity index (χ3v) is 4.71. The lowest BCUT2D eigenvalue weighted by molar-refractivity contribution is -0.120. The molecule has 0 bridgehead atoms. The second-order valence-corrected chi connectivity index (χ2v) is 6.45. The van der Waals surface area contributed by atoms with Gasteiger partial charge < -0.3 is 10.3 Å². The fourth-order valence-corrected chi connectivity index (χ4v) is 3.27. The summed E-state index contributed by atoms with van der Waals surface area (Å²) in [7, 11) is 0. The second kappa shape index (κ2) is 5.17. The lowest BCUT2D eigenvalue weighted by Gasteiger charge is -2.20. The average molecular weight is 283 g/mol. The van der Waals surface area contributed by atoms with Gasteiger partial charge in [0.05, 0.1) is 11.0 Å². The number of amides is 1. The standard InChI is InChI=1S/C17H21N3O/c21-17(12-4-2-1-3-5-12)18-13-8-9-14-15(10-13)20-16(19-14)11-6-7-11/h8-12H,1-7H2,(H,18,21)(H,19,20). The Morgan fingerprint density at radius 2 is 1.95 bits per heavy atom. The Morgan fingerprint density at radius 3 is 2.71 bits per heavy atom. The van der Waals surface area contributed by atoms with Crippen LogP contribution < -0.4 is 5.32 Å². The van der Waals surface area contributed by atoms with Crippen LogP contribution >= 0.6 is 0 Å². The highest BCUT2D eigenvalue weighted by Gasteiger charge is 2.27. The maximum absolute atomic E-state index is 12.3. The van der Waals surface area contributed by atoms with Gasteiger partial charge in [-0.3, -0.25) is 4.79 Å². The highest BCUT2D eigenvalue weighted by Crippen LogP contribution is 2.39. The lowest BCUT2D eigenvalue weighted by Crippen LogP contribution is -2.24.